The number of H-pyrrole nitrogens is 1. The van der Waals surface area contributed by atoms with Gasteiger partial charge in [-0.2, -0.15) is 5.10 Å². The van der Waals surface area contributed by atoms with Crippen LogP contribution in [-0.4, -0.2) is 35.2 Å². The lowest BCUT2D eigenvalue weighted by Gasteiger charge is -2.12. The summed E-state index contributed by atoms with van der Waals surface area (Å²) in [6, 6.07) is 1.70. The molecule has 1 aromatic heterocycles. The molecule has 1 aromatic rings. The molecular weight excluding hydrogens is 156 g/mol. The van der Waals surface area contributed by atoms with Crippen molar-refractivity contribution in [3.05, 3.63) is 17.5 Å². The van der Waals surface area contributed by atoms with Crippen LogP contribution in [0.2, 0.25) is 0 Å². The smallest absolute Gasteiger partial charge is 0.282 e. The molecule has 0 aliphatic carbocycles. The summed E-state index contributed by atoms with van der Waals surface area (Å²) in [5, 5.41) is 7.90. The average molecular weight is 168 g/mol. The van der Waals surface area contributed by atoms with E-state index < -0.39 is 0 Å². The SMILES string of the molecule is CNN(C)C(=O)c1cc(C)[nH]n1. The van der Waals surface area contributed by atoms with Gasteiger partial charge in [-0.1, -0.05) is 0 Å². The maximum absolute atomic E-state index is 11.4. The highest BCUT2D eigenvalue weighted by Crippen LogP contribution is 1.99. The number of hydrazine groups is 1. The molecule has 0 bridgehead atoms. The molecule has 0 saturated carbocycles. The molecule has 0 radical (unpaired) electrons. The maximum Gasteiger partial charge on any atom is 0.288 e. The van der Waals surface area contributed by atoms with Crippen molar-refractivity contribution in [2.75, 3.05) is 14.1 Å². The zero-order valence-corrected chi connectivity index (χ0v) is 7.38. The van der Waals surface area contributed by atoms with Crippen LogP contribution in [0.1, 0.15) is 16.2 Å². The molecule has 0 aliphatic rings. The van der Waals surface area contributed by atoms with Crippen molar-refractivity contribution in [2.24, 2.45) is 0 Å². The number of hydrogen-bond donors (Lipinski definition) is 2. The summed E-state index contributed by atoms with van der Waals surface area (Å²) in [6.07, 6.45) is 0. The van der Waals surface area contributed by atoms with Crippen molar-refractivity contribution in [3.63, 3.8) is 0 Å². The van der Waals surface area contributed by atoms with E-state index in [2.05, 4.69) is 15.6 Å². The van der Waals surface area contributed by atoms with E-state index in [1.54, 1.807) is 20.2 Å². The quantitative estimate of drug-likeness (QED) is 0.607. The van der Waals surface area contributed by atoms with Crippen molar-refractivity contribution in [3.8, 4) is 0 Å². The lowest BCUT2D eigenvalue weighted by Crippen LogP contribution is -2.36. The minimum atomic E-state index is -0.151. The van der Waals surface area contributed by atoms with E-state index in [0.29, 0.717) is 5.69 Å². The third kappa shape index (κ3) is 1.62. The molecule has 0 atom stereocenters. The molecule has 5 heteroatoms. The summed E-state index contributed by atoms with van der Waals surface area (Å²) in [6.45, 7) is 1.85. The average Bonchev–Trinajstić information content (AvgIpc) is 2.49. The molecule has 1 rings (SSSR count). The van der Waals surface area contributed by atoms with E-state index in [9.17, 15) is 4.79 Å². The van der Waals surface area contributed by atoms with Gasteiger partial charge in [-0.05, 0) is 13.0 Å². The Kier molecular flexibility index (Phi) is 2.44. The summed E-state index contributed by atoms with van der Waals surface area (Å²) in [4.78, 5) is 11.4. The number of nitrogens with one attached hydrogen (secondary N) is 2. The molecule has 1 heterocycles. The highest BCUT2D eigenvalue weighted by Gasteiger charge is 2.12. The molecule has 0 aliphatic heterocycles. The number of aromatic nitrogens is 2. The Bertz CT molecular complexity index is 281. The first-order valence-electron chi connectivity index (χ1n) is 3.62. The first-order valence-corrected chi connectivity index (χ1v) is 3.62. The predicted molar refractivity (Wildman–Crippen MR) is 44.5 cm³/mol. The fourth-order valence-electron chi connectivity index (χ4n) is 0.801. The second-order valence-electron chi connectivity index (χ2n) is 2.52. The van der Waals surface area contributed by atoms with Gasteiger partial charge in [-0.15, -0.1) is 0 Å². The van der Waals surface area contributed by atoms with Gasteiger partial charge >= 0.3 is 0 Å². The summed E-state index contributed by atoms with van der Waals surface area (Å²) in [5.41, 5.74) is 4.00. The van der Waals surface area contributed by atoms with Crippen molar-refractivity contribution in [2.45, 2.75) is 6.92 Å². The largest absolute Gasteiger partial charge is 0.288 e. The first-order chi connectivity index (χ1) is 5.65. The monoisotopic (exact) mass is 168 g/mol. The topological polar surface area (TPSA) is 61.0 Å². The number of nitrogens with zero attached hydrogens (tertiary/aromatic N) is 2. The van der Waals surface area contributed by atoms with E-state index in [1.807, 2.05) is 6.92 Å². The van der Waals surface area contributed by atoms with Gasteiger partial charge in [0.15, 0.2) is 5.69 Å². The van der Waals surface area contributed by atoms with Crippen LogP contribution in [0.4, 0.5) is 0 Å². The van der Waals surface area contributed by atoms with Crippen molar-refractivity contribution in [1.82, 2.24) is 20.6 Å². The number of aromatic amines is 1. The lowest BCUT2D eigenvalue weighted by molar-refractivity contribution is 0.0729. The van der Waals surface area contributed by atoms with E-state index in [1.165, 1.54) is 5.01 Å². The summed E-state index contributed by atoms with van der Waals surface area (Å²) in [5.74, 6) is -0.151. The van der Waals surface area contributed by atoms with Gasteiger partial charge in [0.1, 0.15) is 0 Å². The van der Waals surface area contributed by atoms with Crippen LogP contribution in [0.3, 0.4) is 0 Å². The van der Waals surface area contributed by atoms with Crippen LogP contribution in [0.5, 0.6) is 0 Å². The number of aryl methyl sites for hydroxylation is 1. The van der Waals surface area contributed by atoms with Crippen LogP contribution in [0.15, 0.2) is 6.07 Å². The molecule has 1 amide bonds. The third-order valence-corrected chi connectivity index (χ3v) is 1.57. The Morgan fingerprint density at radius 2 is 2.42 bits per heavy atom. The van der Waals surface area contributed by atoms with Crippen molar-refractivity contribution >= 4 is 5.91 Å². The number of carbonyl (C=O) groups is 1. The zero-order chi connectivity index (χ0) is 9.14. The van der Waals surface area contributed by atoms with Gasteiger partial charge in [0.05, 0.1) is 0 Å². The number of carbonyl (C=O) groups excluding carboxylic acids is 1. The molecule has 66 valence electrons. The van der Waals surface area contributed by atoms with Crippen LogP contribution in [0.25, 0.3) is 0 Å². The second kappa shape index (κ2) is 3.36. The lowest BCUT2D eigenvalue weighted by atomic mass is 10.3. The number of rotatable bonds is 2. The summed E-state index contributed by atoms with van der Waals surface area (Å²) < 4.78 is 0. The maximum atomic E-state index is 11.4. The van der Waals surface area contributed by atoms with Crippen LogP contribution >= 0.6 is 0 Å². The normalized spacial score (nSPS) is 9.92. The number of amides is 1. The highest BCUT2D eigenvalue weighted by atomic mass is 16.2. The van der Waals surface area contributed by atoms with E-state index in [0.717, 1.165) is 5.69 Å². The molecule has 0 unspecified atom stereocenters. The summed E-state index contributed by atoms with van der Waals surface area (Å²) in [7, 11) is 3.32. The molecular formula is C7H12N4O. The van der Waals surface area contributed by atoms with Gasteiger partial charge < -0.3 is 0 Å². The first kappa shape index (κ1) is 8.73. The molecule has 0 saturated heterocycles. The second-order valence-corrected chi connectivity index (χ2v) is 2.52. The molecule has 2 N–H and O–H groups in total. The fraction of sp³-hybridized carbons (Fsp3) is 0.429. The standard InChI is InChI=1S/C7H12N4O/c1-5-4-6(10-9-5)7(12)11(3)8-2/h4,8H,1-3H3,(H,9,10). The minimum Gasteiger partial charge on any atom is -0.282 e. The Labute approximate surface area is 70.7 Å². The van der Waals surface area contributed by atoms with E-state index in [-0.39, 0.29) is 5.91 Å². The Hall–Kier alpha value is -1.36. The molecule has 0 spiro atoms. The fourth-order valence-corrected chi connectivity index (χ4v) is 0.801. The Morgan fingerprint density at radius 3 is 2.83 bits per heavy atom. The minimum absolute atomic E-state index is 0.151. The van der Waals surface area contributed by atoms with Crippen LogP contribution in [0, 0.1) is 6.92 Å². The van der Waals surface area contributed by atoms with Crippen molar-refractivity contribution in [1.29, 1.82) is 0 Å². The van der Waals surface area contributed by atoms with Crippen LogP contribution in [-0.2, 0) is 0 Å². The summed E-state index contributed by atoms with van der Waals surface area (Å²) >= 11 is 0. The molecule has 5 nitrogen and oxygen atoms in total. The molecule has 12 heavy (non-hydrogen) atoms. The van der Waals surface area contributed by atoms with E-state index >= 15 is 0 Å². The van der Waals surface area contributed by atoms with Gasteiger partial charge in [-0.3, -0.25) is 14.9 Å². The zero-order valence-electron chi connectivity index (χ0n) is 7.38. The van der Waals surface area contributed by atoms with E-state index in [4.69, 9.17) is 0 Å². The highest BCUT2D eigenvalue weighted by molar-refractivity contribution is 5.91. The van der Waals surface area contributed by atoms with Gasteiger partial charge in [0.2, 0.25) is 0 Å². The van der Waals surface area contributed by atoms with Crippen LogP contribution < -0.4 is 5.43 Å². The van der Waals surface area contributed by atoms with Gasteiger partial charge in [0.25, 0.3) is 5.91 Å². The molecule has 0 aromatic carbocycles. The third-order valence-electron chi connectivity index (χ3n) is 1.57. The van der Waals surface area contributed by atoms with Gasteiger partial charge in [-0.25, -0.2) is 5.43 Å². The Balaban J connectivity index is 2.78. The van der Waals surface area contributed by atoms with Crippen molar-refractivity contribution < 1.29 is 4.79 Å². The predicted octanol–water partition coefficient (Wildman–Crippen LogP) is -0.0755. The van der Waals surface area contributed by atoms with Gasteiger partial charge in [0, 0.05) is 19.8 Å². The number of hydrogen-bond acceptors (Lipinski definition) is 3. The Morgan fingerprint density at radius 1 is 1.75 bits per heavy atom. The molecule has 0 fully saturated rings.